The fourth-order valence-corrected chi connectivity index (χ4v) is 2.32. The van der Waals surface area contributed by atoms with Gasteiger partial charge in [-0.1, -0.05) is 89.5 Å². The molecule has 3 rings (SSSR count). The molecule has 0 unspecified atom stereocenters. The Morgan fingerprint density at radius 3 is 0.871 bits per heavy atom. The van der Waals surface area contributed by atoms with E-state index < -0.39 is 17.9 Å². The zero-order valence-corrected chi connectivity index (χ0v) is 18.6. The molecule has 3 aromatic rings. The maximum Gasteiger partial charge on any atom is 3.00 e. The summed E-state index contributed by atoms with van der Waals surface area (Å²) in [5.41, 5.74) is 3.50. The van der Waals surface area contributed by atoms with Crippen molar-refractivity contribution in [3.63, 3.8) is 0 Å². The number of hydrogen-bond acceptors (Lipinski definition) is 6. The van der Waals surface area contributed by atoms with Crippen LogP contribution < -0.4 is 15.3 Å². The first-order valence-electron chi connectivity index (χ1n) is 8.94. The van der Waals surface area contributed by atoms with Gasteiger partial charge in [-0.25, -0.2) is 0 Å². The normalized spacial score (nSPS) is 9.00. The average Bonchev–Trinajstić information content (AvgIpc) is 2.69. The molecule has 0 atom stereocenters. The van der Waals surface area contributed by atoms with Gasteiger partial charge in [0.05, 0.1) is 17.9 Å². The molecule has 3 aromatic carbocycles. The third-order valence-corrected chi connectivity index (χ3v) is 3.76. The SMILES string of the molecule is Cc1cccc(C(=O)[O-])c1.Cc1cccc(C(=O)[O-])c1.Cc1cccc(C(=O)[O-])c1.[Al+3]. The summed E-state index contributed by atoms with van der Waals surface area (Å²) in [7, 11) is 0. The van der Waals surface area contributed by atoms with Gasteiger partial charge < -0.3 is 29.7 Å². The number of benzene rings is 3. The monoisotopic (exact) mass is 432 g/mol. The van der Waals surface area contributed by atoms with Crippen LogP contribution in [-0.2, 0) is 0 Å². The molecular formula is C24H21AlO6. The smallest absolute Gasteiger partial charge is 0.545 e. The van der Waals surface area contributed by atoms with Crippen molar-refractivity contribution in [1.82, 2.24) is 0 Å². The Morgan fingerprint density at radius 1 is 0.516 bits per heavy atom. The van der Waals surface area contributed by atoms with E-state index >= 15 is 0 Å². The minimum absolute atomic E-state index is 0. The van der Waals surface area contributed by atoms with E-state index in [-0.39, 0.29) is 34.1 Å². The summed E-state index contributed by atoms with van der Waals surface area (Å²) >= 11 is 0. The molecule has 0 aliphatic rings. The van der Waals surface area contributed by atoms with Crippen LogP contribution >= 0.6 is 0 Å². The van der Waals surface area contributed by atoms with Crippen molar-refractivity contribution < 1.29 is 29.7 Å². The number of aromatic carboxylic acids is 3. The summed E-state index contributed by atoms with van der Waals surface area (Å²) in [5, 5.41) is 30.7. The van der Waals surface area contributed by atoms with E-state index in [9.17, 15) is 29.7 Å². The van der Waals surface area contributed by atoms with Gasteiger partial charge in [0.15, 0.2) is 0 Å². The molecule has 0 saturated carbocycles. The zero-order valence-electron chi connectivity index (χ0n) is 17.5. The van der Waals surface area contributed by atoms with Crippen molar-refractivity contribution in [3.05, 3.63) is 106 Å². The van der Waals surface area contributed by atoms with E-state index in [0.29, 0.717) is 0 Å². The fourth-order valence-electron chi connectivity index (χ4n) is 2.32. The summed E-state index contributed by atoms with van der Waals surface area (Å²) < 4.78 is 0. The van der Waals surface area contributed by atoms with E-state index in [1.165, 1.54) is 18.2 Å². The molecule has 6 nitrogen and oxygen atoms in total. The first-order valence-corrected chi connectivity index (χ1v) is 8.94. The first-order chi connectivity index (χ1) is 14.1. The third-order valence-electron chi connectivity index (χ3n) is 3.76. The van der Waals surface area contributed by atoms with Crippen LogP contribution in [0.4, 0.5) is 0 Å². The summed E-state index contributed by atoms with van der Waals surface area (Å²) in [5.74, 6) is -3.36. The minimum Gasteiger partial charge on any atom is -0.545 e. The summed E-state index contributed by atoms with van der Waals surface area (Å²) in [6, 6.07) is 19.9. The number of carbonyl (C=O) groups excluding carboxylic acids is 3. The topological polar surface area (TPSA) is 120 Å². The third kappa shape index (κ3) is 10.8. The van der Waals surface area contributed by atoms with Crippen LogP contribution in [0, 0.1) is 20.8 Å². The van der Waals surface area contributed by atoms with Crippen molar-refractivity contribution in [2.45, 2.75) is 20.8 Å². The van der Waals surface area contributed by atoms with Crippen LogP contribution in [-0.4, -0.2) is 35.3 Å². The summed E-state index contributed by atoms with van der Waals surface area (Å²) in [6.07, 6.45) is 0. The quantitative estimate of drug-likeness (QED) is 0.562. The van der Waals surface area contributed by atoms with Crippen molar-refractivity contribution in [2.24, 2.45) is 0 Å². The van der Waals surface area contributed by atoms with Gasteiger partial charge in [-0.05, 0) is 37.5 Å². The van der Waals surface area contributed by atoms with E-state index in [1.54, 1.807) is 36.4 Å². The second kappa shape index (κ2) is 13.8. The van der Waals surface area contributed by atoms with Gasteiger partial charge >= 0.3 is 17.4 Å². The number of hydrogen-bond donors (Lipinski definition) is 0. The van der Waals surface area contributed by atoms with Gasteiger partial charge in [0.2, 0.25) is 0 Å². The molecule has 0 aromatic heterocycles. The molecule has 0 heterocycles. The fraction of sp³-hybridized carbons (Fsp3) is 0.125. The molecule has 156 valence electrons. The number of carboxylic acid groups (broad SMARTS) is 3. The molecular weight excluding hydrogens is 411 g/mol. The van der Waals surface area contributed by atoms with Crippen molar-refractivity contribution in [1.29, 1.82) is 0 Å². The van der Waals surface area contributed by atoms with Crippen LogP contribution in [0.5, 0.6) is 0 Å². The molecule has 31 heavy (non-hydrogen) atoms. The summed E-state index contributed by atoms with van der Waals surface area (Å²) in [6.45, 7) is 5.52. The van der Waals surface area contributed by atoms with Crippen molar-refractivity contribution in [3.8, 4) is 0 Å². The maximum atomic E-state index is 10.2. The predicted molar refractivity (Wildman–Crippen MR) is 112 cm³/mol. The minimum atomic E-state index is -1.12. The molecule has 0 fully saturated rings. The van der Waals surface area contributed by atoms with Crippen LogP contribution in [0.3, 0.4) is 0 Å². The van der Waals surface area contributed by atoms with Gasteiger partial charge in [-0.15, -0.1) is 0 Å². The molecule has 0 aliphatic heterocycles. The molecule has 0 amide bonds. The van der Waals surface area contributed by atoms with Gasteiger partial charge in [-0.2, -0.15) is 0 Å². The van der Waals surface area contributed by atoms with E-state index in [1.807, 2.05) is 39.0 Å². The second-order valence-electron chi connectivity index (χ2n) is 6.47. The number of aryl methyl sites for hydroxylation is 3. The van der Waals surface area contributed by atoms with Gasteiger partial charge in [-0.3, -0.25) is 0 Å². The Hall–Kier alpha value is -3.40. The Labute approximate surface area is 191 Å². The molecule has 0 aliphatic carbocycles. The van der Waals surface area contributed by atoms with Crippen molar-refractivity contribution >= 4 is 35.3 Å². The Balaban J connectivity index is 0.000000429. The molecule has 7 heteroatoms. The standard InChI is InChI=1S/3C8H8O2.Al/c3*1-6-3-2-4-7(5-6)8(9)10;/h3*2-5H,1H3,(H,9,10);/q;;;+3/p-3. The zero-order chi connectivity index (χ0) is 22.7. The molecule has 0 N–H and O–H groups in total. The van der Waals surface area contributed by atoms with Gasteiger partial charge in [0.1, 0.15) is 0 Å². The predicted octanol–water partition coefficient (Wildman–Crippen LogP) is 0.695. The van der Waals surface area contributed by atoms with Gasteiger partial charge in [0, 0.05) is 0 Å². The van der Waals surface area contributed by atoms with Crippen LogP contribution in [0.15, 0.2) is 72.8 Å². The largest absolute Gasteiger partial charge is 3.00 e. The summed E-state index contributed by atoms with van der Waals surface area (Å²) in [4.78, 5) is 30.7. The first kappa shape index (κ1) is 27.6. The van der Waals surface area contributed by atoms with E-state index in [0.717, 1.165) is 16.7 Å². The Bertz CT molecular complexity index is 898. The Morgan fingerprint density at radius 2 is 0.742 bits per heavy atom. The van der Waals surface area contributed by atoms with Crippen LogP contribution in [0.25, 0.3) is 0 Å². The number of carbonyl (C=O) groups is 3. The maximum absolute atomic E-state index is 10.2. The van der Waals surface area contributed by atoms with Crippen molar-refractivity contribution in [2.75, 3.05) is 0 Å². The molecule has 0 spiro atoms. The van der Waals surface area contributed by atoms with E-state index in [4.69, 9.17) is 0 Å². The molecule has 0 saturated heterocycles. The number of rotatable bonds is 3. The molecule has 0 radical (unpaired) electrons. The van der Waals surface area contributed by atoms with Crippen LogP contribution in [0.1, 0.15) is 47.8 Å². The molecule has 0 bridgehead atoms. The number of carboxylic acids is 3. The average molecular weight is 432 g/mol. The Kier molecular flexibility index (Phi) is 12.2. The van der Waals surface area contributed by atoms with E-state index in [2.05, 4.69) is 0 Å². The second-order valence-corrected chi connectivity index (χ2v) is 6.47. The van der Waals surface area contributed by atoms with Crippen LogP contribution in [0.2, 0.25) is 0 Å². The van der Waals surface area contributed by atoms with Gasteiger partial charge in [0.25, 0.3) is 0 Å².